The second kappa shape index (κ2) is 6.01. The van der Waals surface area contributed by atoms with Crippen LogP contribution in [0.1, 0.15) is 49.4 Å². The van der Waals surface area contributed by atoms with Crippen molar-refractivity contribution in [1.29, 1.82) is 0 Å². The Morgan fingerprint density at radius 1 is 1.38 bits per heavy atom. The van der Waals surface area contributed by atoms with Gasteiger partial charge in [0.05, 0.1) is 16.7 Å². The SMILES string of the molecule is Cc1nc(C)c(C(C)NC(=O)c2ccnc(C(=O)O)c2)s1. The quantitative estimate of drug-likeness (QED) is 0.904. The number of carbonyl (C=O) groups is 2. The molecule has 0 spiro atoms. The molecule has 6 nitrogen and oxygen atoms in total. The fourth-order valence-electron chi connectivity index (χ4n) is 1.98. The second-order valence-electron chi connectivity index (χ2n) is 4.61. The first kappa shape index (κ1) is 15.1. The van der Waals surface area contributed by atoms with Crippen molar-refractivity contribution < 1.29 is 14.7 Å². The van der Waals surface area contributed by atoms with E-state index in [2.05, 4.69) is 15.3 Å². The maximum atomic E-state index is 12.2. The summed E-state index contributed by atoms with van der Waals surface area (Å²) in [6, 6.07) is 2.55. The summed E-state index contributed by atoms with van der Waals surface area (Å²) in [5.74, 6) is -1.50. The van der Waals surface area contributed by atoms with E-state index in [0.717, 1.165) is 15.6 Å². The van der Waals surface area contributed by atoms with E-state index in [0.29, 0.717) is 0 Å². The molecule has 110 valence electrons. The Bertz CT molecular complexity index is 697. The third-order valence-corrected chi connectivity index (χ3v) is 4.18. The molecule has 1 unspecified atom stereocenters. The number of rotatable bonds is 4. The number of nitrogens with zero attached hydrogens (tertiary/aromatic N) is 2. The molecule has 0 radical (unpaired) electrons. The van der Waals surface area contributed by atoms with Crippen LogP contribution in [-0.2, 0) is 0 Å². The maximum absolute atomic E-state index is 12.2. The minimum atomic E-state index is -1.16. The van der Waals surface area contributed by atoms with Crippen LogP contribution in [0.25, 0.3) is 0 Å². The number of hydrogen-bond acceptors (Lipinski definition) is 5. The van der Waals surface area contributed by atoms with Gasteiger partial charge in [-0.05, 0) is 32.9 Å². The lowest BCUT2D eigenvalue weighted by molar-refractivity contribution is 0.0690. The van der Waals surface area contributed by atoms with E-state index in [4.69, 9.17) is 5.11 Å². The Hall–Kier alpha value is -2.28. The number of aryl methyl sites for hydroxylation is 2. The molecule has 0 aliphatic heterocycles. The molecule has 2 N–H and O–H groups in total. The van der Waals surface area contributed by atoms with Gasteiger partial charge < -0.3 is 10.4 Å². The third kappa shape index (κ3) is 3.43. The molecule has 0 aromatic carbocycles. The molecule has 0 saturated heterocycles. The predicted octanol–water partition coefficient (Wildman–Crippen LogP) is 2.34. The first-order chi connectivity index (χ1) is 9.88. The molecule has 21 heavy (non-hydrogen) atoms. The van der Waals surface area contributed by atoms with Crippen molar-refractivity contribution in [1.82, 2.24) is 15.3 Å². The molecule has 2 aromatic heterocycles. The van der Waals surface area contributed by atoms with Crippen LogP contribution in [0.4, 0.5) is 0 Å². The van der Waals surface area contributed by atoms with Crippen LogP contribution in [0.5, 0.6) is 0 Å². The monoisotopic (exact) mass is 305 g/mol. The summed E-state index contributed by atoms with van der Waals surface area (Å²) < 4.78 is 0. The summed E-state index contributed by atoms with van der Waals surface area (Å²) in [7, 11) is 0. The van der Waals surface area contributed by atoms with Crippen LogP contribution < -0.4 is 5.32 Å². The van der Waals surface area contributed by atoms with Crippen LogP contribution in [0.15, 0.2) is 18.3 Å². The Labute approximate surface area is 125 Å². The summed E-state index contributed by atoms with van der Waals surface area (Å²) >= 11 is 1.54. The largest absolute Gasteiger partial charge is 0.477 e. The maximum Gasteiger partial charge on any atom is 0.354 e. The van der Waals surface area contributed by atoms with E-state index in [9.17, 15) is 9.59 Å². The number of nitrogens with one attached hydrogen (secondary N) is 1. The Kier molecular flexibility index (Phi) is 4.32. The zero-order valence-electron chi connectivity index (χ0n) is 11.9. The van der Waals surface area contributed by atoms with Crippen LogP contribution in [-0.4, -0.2) is 27.0 Å². The lowest BCUT2D eigenvalue weighted by atomic mass is 10.2. The molecular weight excluding hydrogens is 290 g/mol. The van der Waals surface area contributed by atoms with E-state index in [1.54, 1.807) is 0 Å². The summed E-state index contributed by atoms with van der Waals surface area (Å²) in [5.41, 5.74) is 1.01. The first-order valence-corrected chi connectivity index (χ1v) is 7.14. The summed E-state index contributed by atoms with van der Waals surface area (Å²) in [6.07, 6.45) is 1.31. The molecule has 2 heterocycles. The van der Waals surface area contributed by atoms with E-state index >= 15 is 0 Å². The fourth-order valence-corrected chi connectivity index (χ4v) is 2.91. The molecule has 1 amide bonds. The molecule has 2 rings (SSSR count). The lowest BCUT2D eigenvalue weighted by Gasteiger charge is -2.13. The average molecular weight is 305 g/mol. The number of pyridine rings is 1. The van der Waals surface area contributed by atoms with Gasteiger partial charge in [0.25, 0.3) is 5.91 Å². The van der Waals surface area contributed by atoms with Crippen molar-refractivity contribution >= 4 is 23.2 Å². The predicted molar refractivity (Wildman–Crippen MR) is 78.7 cm³/mol. The van der Waals surface area contributed by atoms with Gasteiger partial charge in [-0.3, -0.25) is 4.79 Å². The van der Waals surface area contributed by atoms with Crippen LogP contribution in [0, 0.1) is 13.8 Å². The first-order valence-electron chi connectivity index (χ1n) is 6.32. The Balaban J connectivity index is 2.16. The molecule has 2 aromatic rings. The number of aromatic nitrogens is 2. The van der Waals surface area contributed by atoms with Crippen molar-refractivity contribution in [3.8, 4) is 0 Å². The van der Waals surface area contributed by atoms with E-state index in [1.807, 2.05) is 20.8 Å². The zero-order chi connectivity index (χ0) is 15.6. The van der Waals surface area contributed by atoms with Gasteiger partial charge in [0, 0.05) is 16.6 Å². The molecule has 7 heteroatoms. The van der Waals surface area contributed by atoms with Crippen molar-refractivity contribution in [2.75, 3.05) is 0 Å². The number of aromatic carboxylic acids is 1. The van der Waals surface area contributed by atoms with Gasteiger partial charge in [0.1, 0.15) is 5.69 Å². The molecule has 0 aliphatic rings. The van der Waals surface area contributed by atoms with Gasteiger partial charge in [0.2, 0.25) is 0 Å². The fraction of sp³-hybridized carbons (Fsp3) is 0.286. The summed E-state index contributed by atoms with van der Waals surface area (Å²) in [4.78, 5) is 32.1. The topological polar surface area (TPSA) is 92.2 Å². The zero-order valence-corrected chi connectivity index (χ0v) is 12.7. The van der Waals surface area contributed by atoms with E-state index < -0.39 is 5.97 Å². The van der Waals surface area contributed by atoms with Gasteiger partial charge >= 0.3 is 5.97 Å². The highest BCUT2D eigenvalue weighted by molar-refractivity contribution is 7.11. The number of hydrogen-bond donors (Lipinski definition) is 2. The smallest absolute Gasteiger partial charge is 0.354 e. The lowest BCUT2D eigenvalue weighted by Crippen LogP contribution is -2.26. The van der Waals surface area contributed by atoms with Gasteiger partial charge in [-0.25, -0.2) is 14.8 Å². The normalized spacial score (nSPS) is 12.0. The number of carbonyl (C=O) groups excluding carboxylic acids is 1. The minimum absolute atomic E-state index is 0.153. The van der Waals surface area contributed by atoms with Gasteiger partial charge in [-0.1, -0.05) is 0 Å². The van der Waals surface area contributed by atoms with Crippen LogP contribution in [0.2, 0.25) is 0 Å². The van der Waals surface area contributed by atoms with Crippen molar-refractivity contribution in [2.45, 2.75) is 26.8 Å². The third-order valence-electron chi connectivity index (χ3n) is 2.92. The highest BCUT2D eigenvalue weighted by atomic mass is 32.1. The standard InChI is InChI=1S/C14H15N3O3S/c1-7-12(21-9(3)16-7)8(2)17-13(18)10-4-5-15-11(6-10)14(19)20/h4-6,8H,1-3H3,(H,17,18)(H,19,20). The summed E-state index contributed by atoms with van der Waals surface area (Å²) in [6.45, 7) is 5.69. The van der Waals surface area contributed by atoms with Crippen molar-refractivity contribution in [2.24, 2.45) is 0 Å². The second-order valence-corrected chi connectivity index (χ2v) is 5.85. The highest BCUT2D eigenvalue weighted by Crippen LogP contribution is 2.24. The molecule has 0 aliphatic carbocycles. The van der Waals surface area contributed by atoms with E-state index in [-0.39, 0.29) is 23.2 Å². The average Bonchev–Trinajstić information content (AvgIpc) is 2.77. The highest BCUT2D eigenvalue weighted by Gasteiger charge is 2.17. The molecule has 0 saturated carbocycles. The van der Waals surface area contributed by atoms with Crippen LogP contribution >= 0.6 is 11.3 Å². The molecule has 1 atom stereocenters. The molecule has 0 bridgehead atoms. The minimum Gasteiger partial charge on any atom is -0.477 e. The Morgan fingerprint density at radius 3 is 2.67 bits per heavy atom. The summed E-state index contributed by atoms with van der Waals surface area (Å²) in [5, 5.41) is 12.7. The Morgan fingerprint density at radius 2 is 2.10 bits per heavy atom. The molecular formula is C14H15N3O3S. The van der Waals surface area contributed by atoms with Crippen molar-refractivity contribution in [3.63, 3.8) is 0 Å². The number of thiazole rings is 1. The van der Waals surface area contributed by atoms with Gasteiger partial charge in [-0.15, -0.1) is 11.3 Å². The molecule has 0 fully saturated rings. The number of amides is 1. The van der Waals surface area contributed by atoms with Gasteiger partial charge in [-0.2, -0.15) is 0 Å². The van der Waals surface area contributed by atoms with Crippen molar-refractivity contribution in [3.05, 3.63) is 45.2 Å². The van der Waals surface area contributed by atoms with Gasteiger partial charge in [0.15, 0.2) is 0 Å². The van der Waals surface area contributed by atoms with Crippen LogP contribution in [0.3, 0.4) is 0 Å². The number of carboxylic acids is 1. The number of carboxylic acid groups (broad SMARTS) is 1. The van der Waals surface area contributed by atoms with E-state index in [1.165, 1.54) is 29.7 Å².